The van der Waals surface area contributed by atoms with Crippen LogP contribution < -0.4 is 0 Å². The minimum atomic E-state index is -0.144. The number of hydrogen-bond donors (Lipinski definition) is 0. The fourth-order valence-electron chi connectivity index (χ4n) is 2.21. The van der Waals surface area contributed by atoms with Gasteiger partial charge in [-0.2, -0.15) is 0 Å². The highest BCUT2D eigenvalue weighted by Crippen LogP contribution is 2.35. The summed E-state index contributed by atoms with van der Waals surface area (Å²) in [5.74, 6) is 0. The lowest BCUT2D eigenvalue weighted by molar-refractivity contribution is 0.132. The highest BCUT2D eigenvalue weighted by molar-refractivity contribution is 5.71. The number of hydrogen-bond acceptors (Lipinski definition) is 2. The Morgan fingerprint density at radius 3 is 2.88 bits per heavy atom. The predicted octanol–water partition coefficient (Wildman–Crippen LogP) is 2.65. The zero-order valence-corrected chi connectivity index (χ0v) is 9.35. The minimum absolute atomic E-state index is 0.0759. The Labute approximate surface area is 95.0 Å². The van der Waals surface area contributed by atoms with Gasteiger partial charge in [0.05, 0.1) is 6.54 Å². The van der Waals surface area contributed by atoms with Crippen LogP contribution in [0.25, 0.3) is 0 Å². The molecular weight excluding hydrogens is 202 g/mol. The van der Waals surface area contributed by atoms with Crippen LogP contribution in [0.1, 0.15) is 30.1 Å². The van der Waals surface area contributed by atoms with Crippen molar-refractivity contribution in [3.63, 3.8) is 0 Å². The molecule has 1 aromatic carbocycles. The van der Waals surface area contributed by atoms with E-state index in [1.54, 1.807) is 0 Å². The second-order valence-corrected chi connectivity index (χ2v) is 4.67. The van der Waals surface area contributed by atoms with Crippen LogP contribution in [0.4, 0.5) is 4.79 Å². The molecule has 1 unspecified atom stereocenters. The molecule has 3 rings (SSSR count). The van der Waals surface area contributed by atoms with Crippen LogP contribution in [-0.4, -0.2) is 23.6 Å². The van der Waals surface area contributed by atoms with E-state index in [1.165, 1.54) is 5.56 Å². The molecule has 1 aliphatic heterocycles. The molecule has 1 saturated carbocycles. The average molecular weight is 217 g/mol. The molecule has 1 aromatic rings. The average Bonchev–Trinajstić information content (AvgIpc) is 3.02. The van der Waals surface area contributed by atoms with Gasteiger partial charge in [0.2, 0.25) is 0 Å². The highest BCUT2D eigenvalue weighted by atomic mass is 16.6. The Hall–Kier alpha value is -1.51. The molecular formula is C13H15NO2. The molecule has 1 aliphatic carbocycles. The lowest BCUT2D eigenvalue weighted by Gasteiger charge is -2.11. The zero-order valence-electron chi connectivity index (χ0n) is 9.35. The molecule has 0 spiro atoms. The third kappa shape index (κ3) is 1.66. The summed E-state index contributed by atoms with van der Waals surface area (Å²) in [6, 6.07) is 8.63. The Bertz CT molecular complexity index is 426. The monoisotopic (exact) mass is 217 g/mol. The molecule has 1 saturated heterocycles. The summed E-state index contributed by atoms with van der Waals surface area (Å²) in [5, 5.41) is 0. The number of ether oxygens (including phenoxy) is 1. The quantitative estimate of drug-likeness (QED) is 0.762. The summed E-state index contributed by atoms with van der Waals surface area (Å²) in [5.41, 5.74) is 2.31. The van der Waals surface area contributed by atoms with Gasteiger partial charge in [0.1, 0.15) is 6.10 Å². The van der Waals surface area contributed by atoms with Crippen molar-refractivity contribution in [3.8, 4) is 0 Å². The lowest BCUT2D eigenvalue weighted by Crippen LogP contribution is -2.26. The van der Waals surface area contributed by atoms with E-state index in [0.717, 1.165) is 18.4 Å². The molecule has 84 valence electrons. The van der Waals surface area contributed by atoms with Crippen molar-refractivity contribution in [3.05, 3.63) is 35.4 Å². The van der Waals surface area contributed by atoms with Gasteiger partial charge in [-0.25, -0.2) is 4.79 Å². The molecule has 1 atom stereocenters. The second kappa shape index (κ2) is 3.51. The molecule has 16 heavy (non-hydrogen) atoms. The fraction of sp³-hybridized carbons (Fsp3) is 0.462. The molecule has 0 N–H and O–H groups in total. The first kappa shape index (κ1) is 9.70. The van der Waals surface area contributed by atoms with Crippen LogP contribution in [0.15, 0.2) is 24.3 Å². The molecule has 2 fully saturated rings. The van der Waals surface area contributed by atoms with Gasteiger partial charge in [-0.3, -0.25) is 0 Å². The van der Waals surface area contributed by atoms with Crippen LogP contribution in [0.3, 0.4) is 0 Å². The van der Waals surface area contributed by atoms with Gasteiger partial charge in [0.25, 0.3) is 0 Å². The Morgan fingerprint density at radius 1 is 1.38 bits per heavy atom. The van der Waals surface area contributed by atoms with Gasteiger partial charge in [-0.05, 0) is 25.3 Å². The fourth-order valence-corrected chi connectivity index (χ4v) is 2.21. The summed E-state index contributed by atoms with van der Waals surface area (Å²) < 4.78 is 5.40. The van der Waals surface area contributed by atoms with Gasteiger partial charge in [0.15, 0.2) is 0 Å². The summed E-state index contributed by atoms with van der Waals surface area (Å²) in [4.78, 5) is 13.5. The number of carbonyl (C=O) groups is 1. The minimum Gasteiger partial charge on any atom is -0.439 e. The second-order valence-electron chi connectivity index (χ2n) is 4.67. The number of amides is 1. The maximum absolute atomic E-state index is 11.6. The van der Waals surface area contributed by atoms with Crippen LogP contribution in [0.5, 0.6) is 0 Å². The van der Waals surface area contributed by atoms with Crippen LogP contribution in [0.2, 0.25) is 0 Å². The van der Waals surface area contributed by atoms with E-state index in [4.69, 9.17) is 4.74 Å². The summed E-state index contributed by atoms with van der Waals surface area (Å²) >= 11 is 0. The first-order valence-corrected chi connectivity index (χ1v) is 5.78. The van der Waals surface area contributed by atoms with Gasteiger partial charge in [0, 0.05) is 6.04 Å². The maximum Gasteiger partial charge on any atom is 0.410 e. The zero-order chi connectivity index (χ0) is 11.1. The van der Waals surface area contributed by atoms with Crippen molar-refractivity contribution in [2.24, 2.45) is 0 Å². The van der Waals surface area contributed by atoms with Gasteiger partial charge in [-0.15, -0.1) is 0 Å². The summed E-state index contributed by atoms with van der Waals surface area (Å²) in [6.45, 7) is 2.77. The van der Waals surface area contributed by atoms with Crippen LogP contribution >= 0.6 is 0 Å². The van der Waals surface area contributed by atoms with Crippen LogP contribution in [0, 0.1) is 6.92 Å². The van der Waals surface area contributed by atoms with E-state index in [-0.39, 0.29) is 12.2 Å². The third-order valence-electron chi connectivity index (χ3n) is 3.24. The van der Waals surface area contributed by atoms with Crippen molar-refractivity contribution in [2.75, 3.05) is 6.54 Å². The number of benzene rings is 1. The normalized spacial score (nSPS) is 24.7. The van der Waals surface area contributed by atoms with Gasteiger partial charge in [-0.1, -0.05) is 29.8 Å². The molecule has 0 aromatic heterocycles. The Kier molecular flexibility index (Phi) is 2.13. The first-order valence-electron chi connectivity index (χ1n) is 5.78. The largest absolute Gasteiger partial charge is 0.439 e. The van der Waals surface area contributed by atoms with E-state index in [9.17, 15) is 4.79 Å². The standard InChI is InChI=1S/C13H15NO2/c1-9-3-2-4-10(7-9)12-8-14(11-5-6-11)13(15)16-12/h2-4,7,11-12H,5-6,8H2,1H3. The van der Waals surface area contributed by atoms with Crippen molar-refractivity contribution < 1.29 is 9.53 Å². The van der Waals surface area contributed by atoms with Crippen molar-refractivity contribution in [1.82, 2.24) is 4.90 Å². The third-order valence-corrected chi connectivity index (χ3v) is 3.24. The molecule has 0 radical (unpaired) electrons. The van der Waals surface area contributed by atoms with E-state index in [0.29, 0.717) is 12.6 Å². The summed E-state index contributed by atoms with van der Waals surface area (Å²) in [6.07, 6.45) is 2.05. The molecule has 3 heteroatoms. The van der Waals surface area contributed by atoms with E-state index in [1.807, 2.05) is 17.0 Å². The first-order chi connectivity index (χ1) is 7.74. The van der Waals surface area contributed by atoms with E-state index in [2.05, 4.69) is 19.1 Å². The van der Waals surface area contributed by atoms with Crippen molar-refractivity contribution in [1.29, 1.82) is 0 Å². The lowest BCUT2D eigenvalue weighted by atomic mass is 10.1. The maximum atomic E-state index is 11.6. The molecule has 1 heterocycles. The van der Waals surface area contributed by atoms with Crippen molar-refractivity contribution in [2.45, 2.75) is 31.9 Å². The SMILES string of the molecule is Cc1cccc(C2CN(C3CC3)C(=O)O2)c1. The summed E-state index contributed by atoms with van der Waals surface area (Å²) in [7, 11) is 0. The van der Waals surface area contributed by atoms with E-state index < -0.39 is 0 Å². The van der Waals surface area contributed by atoms with Gasteiger partial charge < -0.3 is 9.64 Å². The van der Waals surface area contributed by atoms with Crippen molar-refractivity contribution >= 4 is 6.09 Å². The topological polar surface area (TPSA) is 29.5 Å². The van der Waals surface area contributed by atoms with Crippen LogP contribution in [-0.2, 0) is 4.74 Å². The number of aryl methyl sites for hydroxylation is 1. The number of cyclic esters (lactones) is 1. The molecule has 3 nitrogen and oxygen atoms in total. The number of nitrogens with zero attached hydrogens (tertiary/aromatic N) is 1. The molecule has 2 aliphatic rings. The Morgan fingerprint density at radius 2 is 2.19 bits per heavy atom. The van der Waals surface area contributed by atoms with E-state index >= 15 is 0 Å². The number of rotatable bonds is 2. The van der Waals surface area contributed by atoms with Gasteiger partial charge >= 0.3 is 6.09 Å². The Balaban J connectivity index is 1.79. The highest BCUT2D eigenvalue weighted by Gasteiger charge is 2.41. The number of carbonyl (C=O) groups excluding carboxylic acids is 1. The predicted molar refractivity (Wildman–Crippen MR) is 60.1 cm³/mol. The molecule has 1 amide bonds. The smallest absolute Gasteiger partial charge is 0.410 e. The molecule has 0 bridgehead atoms.